The van der Waals surface area contributed by atoms with Crippen LogP contribution in [0.1, 0.15) is 6.42 Å². The van der Waals surface area contributed by atoms with Gasteiger partial charge < -0.3 is 4.74 Å². The molecule has 1 heterocycles. The number of benzene rings is 1. The van der Waals surface area contributed by atoms with Gasteiger partial charge in [-0.15, -0.1) is 11.8 Å². The number of methoxy groups -OCH3 is 1. The Bertz CT molecular complexity index is 450. The predicted octanol–water partition coefficient (Wildman–Crippen LogP) is 2.61. The maximum atomic E-state index is 13.7. The van der Waals surface area contributed by atoms with Crippen LogP contribution in [0.5, 0.6) is 5.75 Å². The third kappa shape index (κ3) is 2.29. The average Bonchev–Trinajstić information content (AvgIpc) is 2.54. The summed E-state index contributed by atoms with van der Waals surface area (Å²) in [5.41, 5.74) is 0. The molecule has 0 radical (unpaired) electrons. The Morgan fingerprint density at radius 2 is 2.00 bits per heavy atom. The van der Waals surface area contributed by atoms with Crippen molar-refractivity contribution in [3.05, 3.63) is 24.3 Å². The number of thioether (sulfide) groups is 1. The van der Waals surface area contributed by atoms with E-state index >= 15 is 0 Å². The highest BCUT2D eigenvalue weighted by molar-refractivity contribution is 8.00. The van der Waals surface area contributed by atoms with Gasteiger partial charge in [0.05, 0.1) is 7.11 Å². The number of likely N-dealkylation sites (tertiary alicyclic amines) is 1. The van der Waals surface area contributed by atoms with Crippen LogP contribution >= 0.6 is 11.8 Å². The Morgan fingerprint density at radius 3 is 2.44 bits per heavy atom. The monoisotopic (exact) mass is 273 g/mol. The molecule has 2 rings (SSSR count). The number of amides is 1. The van der Waals surface area contributed by atoms with E-state index in [1.54, 1.807) is 31.4 Å². The summed E-state index contributed by atoms with van der Waals surface area (Å²) >= 11 is 1.02. The summed E-state index contributed by atoms with van der Waals surface area (Å²) in [6.45, 7) is 0. The number of rotatable bonds is 3. The van der Waals surface area contributed by atoms with Crippen LogP contribution in [0, 0.1) is 0 Å². The molecule has 1 aliphatic rings. The van der Waals surface area contributed by atoms with E-state index in [1.165, 1.54) is 0 Å². The van der Waals surface area contributed by atoms with Gasteiger partial charge in [-0.1, -0.05) is 0 Å². The van der Waals surface area contributed by atoms with E-state index in [-0.39, 0.29) is 6.42 Å². The smallest absolute Gasteiger partial charge is 0.340 e. The number of halogens is 2. The van der Waals surface area contributed by atoms with Crippen LogP contribution in [0.25, 0.3) is 0 Å². The molecule has 1 aliphatic heterocycles. The molecule has 0 saturated carbocycles. The minimum absolute atomic E-state index is 0.139. The molecule has 0 spiro atoms. The van der Waals surface area contributed by atoms with Crippen LogP contribution in [-0.2, 0) is 4.79 Å². The van der Waals surface area contributed by atoms with Crippen LogP contribution in [-0.4, -0.2) is 36.3 Å². The fraction of sp³-hybridized carbons (Fsp3) is 0.417. The molecule has 0 bridgehead atoms. The zero-order valence-electron chi connectivity index (χ0n) is 10.0. The van der Waals surface area contributed by atoms with Gasteiger partial charge in [0.25, 0.3) is 0 Å². The second-order valence-corrected chi connectivity index (χ2v) is 5.30. The lowest BCUT2D eigenvalue weighted by Gasteiger charge is -2.23. The maximum Gasteiger partial charge on any atom is 0.340 e. The summed E-state index contributed by atoms with van der Waals surface area (Å²) in [5.74, 6) is 0.150. The second kappa shape index (κ2) is 4.76. The Labute approximate surface area is 108 Å². The highest BCUT2D eigenvalue weighted by Crippen LogP contribution is 2.43. The summed E-state index contributed by atoms with van der Waals surface area (Å²) < 4.78 is 32.5. The van der Waals surface area contributed by atoms with E-state index in [0.717, 1.165) is 18.8 Å². The van der Waals surface area contributed by atoms with Gasteiger partial charge in [0.15, 0.2) is 0 Å². The first-order valence-corrected chi connectivity index (χ1v) is 6.28. The highest BCUT2D eigenvalue weighted by atomic mass is 32.2. The average molecular weight is 273 g/mol. The predicted molar refractivity (Wildman–Crippen MR) is 65.0 cm³/mol. The van der Waals surface area contributed by atoms with E-state index in [2.05, 4.69) is 0 Å². The summed E-state index contributed by atoms with van der Waals surface area (Å²) in [5, 5.41) is -1.04. The lowest BCUT2D eigenvalue weighted by Crippen LogP contribution is -2.39. The van der Waals surface area contributed by atoms with Crippen LogP contribution < -0.4 is 4.74 Å². The van der Waals surface area contributed by atoms with Gasteiger partial charge in [0.1, 0.15) is 11.0 Å². The molecule has 98 valence electrons. The lowest BCUT2D eigenvalue weighted by molar-refractivity contribution is -0.149. The van der Waals surface area contributed by atoms with Gasteiger partial charge in [0, 0.05) is 18.4 Å². The molecule has 1 aromatic rings. The molecule has 1 saturated heterocycles. The van der Waals surface area contributed by atoms with E-state index in [9.17, 15) is 13.6 Å². The first kappa shape index (κ1) is 13.1. The number of hydrogen-bond donors (Lipinski definition) is 0. The van der Waals surface area contributed by atoms with E-state index < -0.39 is 17.2 Å². The molecule has 3 nitrogen and oxygen atoms in total. The number of carbonyl (C=O) groups excluding carboxylic acids is 1. The highest BCUT2D eigenvalue weighted by Gasteiger charge is 2.53. The van der Waals surface area contributed by atoms with Crippen molar-refractivity contribution in [1.82, 2.24) is 4.90 Å². The molecular formula is C12H13F2NO2S. The summed E-state index contributed by atoms with van der Waals surface area (Å²) in [7, 11) is 2.68. The molecule has 0 aromatic heterocycles. The number of nitrogens with zero attached hydrogens (tertiary/aromatic N) is 1. The fourth-order valence-electron chi connectivity index (χ4n) is 1.73. The zero-order valence-corrected chi connectivity index (χ0v) is 10.8. The van der Waals surface area contributed by atoms with E-state index in [4.69, 9.17) is 4.74 Å². The Hall–Kier alpha value is -1.30. The molecule has 1 fully saturated rings. The molecule has 1 unspecified atom stereocenters. The number of carbonyl (C=O) groups is 1. The van der Waals surface area contributed by atoms with Gasteiger partial charge >= 0.3 is 6.05 Å². The van der Waals surface area contributed by atoms with Gasteiger partial charge in [-0.25, -0.2) is 0 Å². The standard InChI is InChI=1S/C12H13F2NO2S/c1-15-11(16)7-10(12(15,13)14)18-9-5-3-8(17-2)4-6-9/h3-6,10H,7H2,1-2H3. The topological polar surface area (TPSA) is 29.5 Å². The Morgan fingerprint density at radius 1 is 1.39 bits per heavy atom. The molecule has 6 heteroatoms. The number of ether oxygens (including phenoxy) is 1. The van der Waals surface area contributed by atoms with E-state index in [1.807, 2.05) is 0 Å². The maximum absolute atomic E-state index is 13.7. The van der Waals surface area contributed by atoms with Gasteiger partial charge in [-0.05, 0) is 24.3 Å². The van der Waals surface area contributed by atoms with Crippen LogP contribution in [0.15, 0.2) is 29.2 Å². The lowest BCUT2D eigenvalue weighted by atomic mass is 10.3. The summed E-state index contributed by atoms with van der Waals surface area (Å²) in [6.07, 6.45) is -0.139. The Balaban J connectivity index is 2.11. The Kier molecular flexibility index (Phi) is 3.47. The molecule has 1 aromatic carbocycles. The van der Waals surface area contributed by atoms with E-state index in [0.29, 0.717) is 15.5 Å². The third-order valence-electron chi connectivity index (χ3n) is 2.91. The van der Waals surface area contributed by atoms with Crippen molar-refractivity contribution in [2.45, 2.75) is 22.6 Å². The minimum atomic E-state index is -3.10. The number of alkyl halides is 2. The second-order valence-electron chi connectivity index (χ2n) is 4.03. The minimum Gasteiger partial charge on any atom is -0.497 e. The van der Waals surface area contributed by atoms with Crippen molar-refractivity contribution < 1.29 is 18.3 Å². The normalized spacial score (nSPS) is 22.3. The van der Waals surface area contributed by atoms with Crippen molar-refractivity contribution in [1.29, 1.82) is 0 Å². The molecule has 18 heavy (non-hydrogen) atoms. The van der Waals surface area contributed by atoms with Crippen molar-refractivity contribution in [3.8, 4) is 5.75 Å². The van der Waals surface area contributed by atoms with Crippen molar-refractivity contribution in [2.24, 2.45) is 0 Å². The van der Waals surface area contributed by atoms with Crippen LogP contribution in [0.4, 0.5) is 8.78 Å². The largest absolute Gasteiger partial charge is 0.497 e. The van der Waals surface area contributed by atoms with Gasteiger partial charge in [0.2, 0.25) is 5.91 Å². The van der Waals surface area contributed by atoms with Gasteiger partial charge in [-0.3, -0.25) is 9.69 Å². The summed E-state index contributed by atoms with van der Waals surface area (Å²) in [4.78, 5) is 12.5. The van der Waals surface area contributed by atoms with Crippen LogP contribution in [0.2, 0.25) is 0 Å². The van der Waals surface area contributed by atoms with Crippen LogP contribution in [0.3, 0.4) is 0 Å². The van der Waals surface area contributed by atoms with Gasteiger partial charge in [-0.2, -0.15) is 8.78 Å². The third-order valence-corrected chi connectivity index (χ3v) is 4.19. The molecule has 0 aliphatic carbocycles. The first-order chi connectivity index (χ1) is 8.45. The molecule has 1 amide bonds. The quantitative estimate of drug-likeness (QED) is 0.793. The summed E-state index contributed by atoms with van der Waals surface area (Å²) in [6, 6.07) is 3.74. The fourth-order valence-corrected chi connectivity index (χ4v) is 2.88. The molecule has 0 N–H and O–H groups in total. The number of hydrogen-bond acceptors (Lipinski definition) is 3. The van der Waals surface area contributed by atoms with Crippen molar-refractivity contribution in [3.63, 3.8) is 0 Å². The molecular weight excluding hydrogens is 260 g/mol. The molecule has 1 atom stereocenters. The first-order valence-electron chi connectivity index (χ1n) is 5.40. The van der Waals surface area contributed by atoms with Crippen molar-refractivity contribution >= 4 is 17.7 Å². The zero-order chi connectivity index (χ0) is 13.3. The SMILES string of the molecule is COc1ccc(SC2CC(=O)N(C)C2(F)F)cc1. The van der Waals surface area contributed by atoms with Crippen molar-refractivity contribution in [2.75, 3.05) is 14.2 Å².